The maximum absolute atomic E-state index is 11.5. The van der Waals surface area contributed by atoms with Crippen LogP contribution in [0.3, 0.4) is 0 Å². The van der Waals surface area contributed by atoms with E-state index in [1.165, 1.54) is 4.88 Å². The summed E-state index contributed by atoms with van der Waals surface area (Å²) >= 11 is 1.65. The highest BCUT2D eigenvalue weighted by Crippen LogP contribution is 2.18. The quantitative estimate of drug-likeness (QED) is 0.807. The van der Waals surface area contributed by atoms with Crippen LogP contribution in [0.25, 0.3) is 0 Å². The summed E-state index contributed by atoms with van der Waals surface area (Å²) in [5, 5.41) is 4.95. The van der Waals surface area contributed by atoms with Crippen LogP contribution in [0.15, 0.2) is 17.5 Å². The van der Waals surface area contributed by atoms with Gasteiger partial charge in [0.1, 0.15) is 0 Å². The van der Waals surface area contributed by atoms with Gasteiger partial charge in [0.2, 0.25) is 5.91 Å². The Hall–Kier alpha value is -0.870. The minimum absolute atomic E-state index is 0.0273. The van der Waals surface area contributed by atoms with E-state index in [1.54, 1.807) is 11.3 Å². The van der Waals surface area contributed by atoms with Gasteiger partial charge in [0.15, 0.2) is 0 Å². The number of amides is 1. The van der Waals surface area contributed by atoms with Crippen LogP contribution in [0.2, 0.25) is 0 Å². The second-order valence-electron chi connectivity index (χ2n) is 3.68. The van der Waals surface area contributed by atoms with Gasteiger partial charge in [-0.15, -0.1) is 11.3 Å². The average molecular weight is 226 g/mol. The summed E-state index contributed by atoms with van der Waals surface area (Å²) in [6, 6.07) is 4.07. The van der Waals surface area contributed by atoms with Crippen molar-refractivity contribution >= 4 is 17.2 Å². The van der Waals surface area contributed by atoms with Gasteiger partial charge in [-0.3, -0.25) is 4.79 Å². The van der Waals surface area contributed by atoms with Crippen LogP contribution in [0, 0.1) is 0 Å². The zero-order valence-corrected chi connectivity index (χ0v) is 10.0. The Morgan fingerprint density at radius 2 is 2.40 bits per heavy atom. The van der Waals surface area contributed by atoms with Gasteiger partial charge in [-0.1, -0.05) is 13.0 Å². The molecule has 1 aromatic rings. The van der Waals surface area contributed by atoms with E-state index in [0.717, 1.165) is 6.42 Å². The molecule has 1 aromatic heterocycles. The van der Waals surface area contributed by atoms with Crippen LogP contribution in [0.5, 0.6) is 0 Å². The van der Waals surface area contributed by atoms with Crippen molar-refractivity contribution < 1.29 is 4.79 Å². The molecule has 0 spiro atoms. The molecule has 0 radical (unpaired) electrons. The van der Waals surface area contributed by atoms with E-state index in [4.69, 9.17) is 5.73 Å². The minimum Gasteiger partial charge on any atom is -0.349 e. The minimum atomic E-state index is -0.0273. The standard InChI is InChI=1S/C11H18N2OS/c1-3-9(12)7-11(14)13-8(2)10-5-4-6-15-10/h4-6,8-9H,3,7,12H2,1-2H3,(H,13,14)/t8-,9?/m0/s1. The fourth-order valence-corrected chi connectivity index (χ4v) is 2.03. The van der Waals surface area contributed by atoms with Crippen molar-refractivity contribution in [3.63, 3.8) is 0 Å². The fourth-order valence-electron chi connectivity index (χ4n) is 1.29. The third kappa shape index (κ3) is 4.01. The van der Waals surface area contributed by atoms with E-state index in [1.807, 2.05) is 31.4 Å². The van der Waals surface area contributed by atoms with Gasteiger partial charge < -0.3 is 11.1 Å². The van der Waals surface area contributed by atoms with E-state index in [2.05, 4.69) is 5.32 Å². The fraction of sp³-hybridized carbons (Fsp3) is 0.545. The molecule has 3 N–H and O–H groups in total. The normalized spacial score (nSPS) is 14.6. The van der Waals surface area contributed by atoms with Crippen molar-refractivity contribution in [1.29, 1.82) is 0 Å². The van der Waals surface area contributed by atoms with Crippen molar-refractivity contribution in [3.8, 4) is 0 Å². The monoisotopic (exact) mass is 226 g/mol. The summed E-state index contributed by atoms with van der Waals surface area (Å²) < 4.78 is 0. The van der Waals surface area contributed by atoms with E-state index >= 15 is 0 Å². The summed E-state index contributed by atoms with van der Waals surface area (Å²) in [5.41, 5.74) is 5.71. The van der Waals surface area contributed by atoms with Crippen LogP contribution in [0.1, 0.15) is 37.6 Å². The van der Waals surface area contributed by atoms with Crippen LogP contribution in [0.4, 0.5) is 0 Å². The topological polar surface area (TPSA) is 55.1 Å². The first-order chi connectivity index (χ1) is 7.13. The van der Waals surface area contributed by atoms with Crippen molar-refractivity contribution in [1.82, 2.24) is 5.32 Å². The SMILES string of the molecule is CCC(N)CC(=O)N[C@@H](C)c1cccs1. The zero-order valence-electron chi connectivity index (χ0n) is 9.19. The number of nitrogens with two attached hydrogens (primary N) is 1. The molecule has 0 bridgehead atoms. The number of rotatable bonds is 5. The van der Waals surface area contributed by atoms with Crippen LogP contribution in [-0.2, 0) is 4.79 Å². The molecular weight excluding hydrogens is 208 g/mol. The molecule has 0 aliphatic carbocycles. The Bertz CT molecular complexity index is 298. The molecule has 0 aromatic carbocycles. The second kappa shape index (κ2) is 5.88. The number of hydrogen-bond donors (Lipinski definition) is 2. The van der Waals surface area contributed by atoms with Gasteiger partial charge >= 0.3 is 0 Å². The number of hydrogen-bond acceptors (Lipinski definition) is 3. The Labute approximate surface area is 94.7 Å². The van der Waals surface area contributed by atoms with Crippen molar-refractivity contribution in [2.75, 3.05) is 0 Å². The number of nitrogens with one attached hydrogen (secondary N) is 1. The smallest absolute Gasteiger partial charge is 0.222 e. The van der Waals surface area contributed by atoms with Gasteiger partial charge in [-0.05, 0) is 24.8 Å². The molecule has 2 atom stereocenters. The molecule has 1 heterocycles. The Kier molecular flexibility index (Phi) is 4.78. The van der Waals surface area contributed by atoms with Crippen molar-refractivity contribution in [2.45, 2.75) is 38.8 Å². The van der Waals surface area contributed by atoms with Crippen LogP contribution < -0.4 is 11.1 Å². The maximum Gasteiger partial charge on any atom is 0.222 e. The summed E-state index contributed by atoms with van der Waals surface area (Å²) in [6.45, 7) is 3.97. The lowest BCUT2D eigenvalue weighted by molar-refractivity contribution is -0.122. The van der Waals surface area contributed by atoms with E-state index in [9.17, 15) is 4.79 Å². The largest absolute Gasteiger partial charge is 0.349 e. The molecular formula is C11H18N2OS. The number of carbonyl (C=O) groups is 1. The molecule has 1 unspecified atom stereocenters. The van der Waals surface area contributed by atoms with E-state index in [0.29, 0.717) is 6.42 Å². The predicted octanol–water partition coefficient (Wildman–Crippen LogP) is 2.05. The molecule has 1 amide bonds. The van der Waals surface area contributed by atoms with Crippen molar-refractivity contribution in [3.05, 3.63) is 22.4 Å². The van der Waals surface area contributed by atoms with E-state index in [-0.39, 0.29) is 18.0 Å². The lowest BCUT2D eigenvalue weighted by Crippen LogP contribution is -2.32. The predicted molar refractivity (Wildman–Crippen MR) is 63.8 cm³/mol. The highest BCUT2D eigenvalue weighted by molar-refractivity contribution is 7.10. The van der Waals surface area contributed by atoms with Gasteiger partial charge in [0, 0.05) is 17.3 Å². The average Bonchev–Trinajstić information content (AvgIpc) is 2.70. The molecule has 0 aliphatic heterocycles. The molecule has 1 rings (SSSR count). The summed E-state index contributed by atoms with van der Waals surface area (Å²) in [5.74, 6) is 0.0326. The van der Waals surface area contributed by atoms with Gasteiger partial charge in [-0.2, -0.15) is 0 Å². The summed E-state index contributed by atoms with van der Waals surface area (Å²) in [7, 11) is 0. The Morgan fingerprint density at radius 1 is 1.67 bits per heavy atom. The Morgan fingerprint density at radius 3 is 2.93 bits per heavy atom. The second-order valence-corrected chi connectivity index (χ2v) is 4.66. The molecule has 84 valence electrons. The molecule has 3 nitrogen and oxygen atoms in total. The summed E-state index contributed by atoms with van der Waals surface area (Å²) in [4.78, 5) is 12.7. The first-order valence-electron chi connectivity index (χ1n) is 5.21. The Balaban J connectivity index is 2.38. The molecule has 4 heteroatoms. The lowest BCUT2D eigenvalue weighted by Gasteiger charge is -2.14. The molecule has 0 saturated carbocycles. The third-order valence-corrected chi connectivity index (χ3v) is 3.37. The number of carbonyl (C=O) groups excluding carboxylic acids is 1. The van der Waals surface area contributed by atoms with Gasteiger partial charge in [0.05, 0.1) is 6.04 Å². The molecule has 0 fully saturated rings. The first kappa shape index (κ1) is 12.2. The first-order valence-corrected chi connectivity index (χ1v) is 6.09. The van der Waals surface area contributed by atoms with Crippen LogP contribution in [-0.4, -0.2) is 11.9 Å². The molecule has 0 saturated heterocycles. The maximum atomic E-state index is 11.5. The van der Waals surface area contributed by atoms with Crippen LogP contribution >= 0.6 is 11.3 Å². The molecule has 15 heavy (non-hydrogen) atoms. The van der Waals surface area contributed by atoms with Gasteiger partial charge in [-0.25, -0.2) is 0 Å². The summed E-state index contributed by atoms with van der Waals surface area (Å²) in [6.07, 6.45) is 1.24. The van der Waals surface area contributed by atoms with Gasteiger partial charge in [0.25, 0.3) is 0 Å². The molecule has 0 aliphatic rings. The number of thiophene rings is 1. The lowest BCUT2D eigenvalue weighted by atomic mass is 10.1. The third-order valence-electron chi connectivity index (χ3n) is 2.32. The van der Waals surface area contributed by atoms with E-state index < -0.39 is 0 Å². The highest BCUT2D eigenvalue weighted by atomic mass is 32.1. The zero-order chi connectivity index (χ0) is 11.3. The highest BCUT2D eigenvalue weighted by Gasteiger charge is 2.12. The van der Waals surface area contributed by atoms with Crippen molar-refractivity contribution in [2.24, 2.45) is 5.73 Å².